The van der Waals surface area contributed by atoms with Crippen LogP contribution in [0.3, 0.4) is 0 Å². The zero-order chi connectivity index (χ0) is 23.4. The lowest BCUT2D eigenvalue weighted by Crippen LogP contribution is -2.34. The third kappa shape index (κ3) is 6.38. The molecular weight excluding hydrogens is 447 g/mol. The van der Waals surface area contributed by atoms with E-state index in [0.29, 0.717) is 6.61 Å². The highest BCUT2D eigenvalue weighted by Crippen LogP contribution is 2.32. The van der Waals surface area contributed by atoms with E-state index in [1.807, 2.05) is 30.3 Å². The summed E-state index contributed by atoms with van der Waals surface area (Å²) in [5.74, 6) is -3.93. The Morgan fingerprint density at radius 1 is 1.03 bits per heavy atom. The van der Waals surface area contributed by atoms with Crippen molar-refractivity contribution in [1.29, 1.82) is 0 Å². The van der Waals surface area contributed by atoms with Gasteiger partial charge in [-0.15, -0.1) is 4.36 Å². The van der Waals surface area contributed by atoms with E-state index in [1.165, 1.54) is 24.3 Å². The third-order valence-electron chi connectivity index (χ3n) is 4.65. The molecular formula is C22H24F3NO5S. The number of carbonyl (C=O) groups excluding carboxylic acids is 1. The first-order valence-electron chi connectivity index (χ1n) is 9.87. The molecule has 0 radical (unpaired) electrons. The molecule has 32 heavy (non-hydrogen) atoms. The minimum absolute atomic E-state index is 0.00913. The van der Waals surface area contributed by atoms with Crippen LogP contribution in [0.5, 0.6) is 0 Å². The van der Waals surface area contributed by atoms with Crippen molar-refractivity contribution in [2.24, 2.45) is 4.36 Å². The van der Waals surface area contributed by atoms with Crippen molar-refractivity contribution in [3.8, 4) is 0 Å². The van der Waals surface area contributed by atoms with Crippen LogP contribution in [0.1, 0.15) is 19.4 Å². The standard InChI is InChI=1S/C22H24F3NO5S/c1-21(2)30-18(14-29-13-16-9-5-3-6-10-16)19(31-21)15-32(28,17-11-7-4-8-12-17)26-20(27)22(23,24)25/h3-12,18-19H,13-15H2,1-2H3/t18-,19-,32?/m0/s1. The van der Waals surface area contributed by atoms with E-state index in [0.717, 1.165) is 5.56 Å². The van der Waals surface area contributed by atoms with E-state index < -0.39 is 45.6 Å². The van der Waals surface area contributed by atoms with Gasteiger partial charge in [-0.25, -0.2) is 4.21 Å². The maximum absolute atomic E-state index is 13.6. The minimum atomic E-state index is -5.23. The molecule has 1 amide bonds. The Hall–Kier alpha value is -2.27. The predicted molar refractivity (Wildman–Crippen MR) is 111 cm³/mol. The maximum Gasteiger partial charge on any atom is 0.474 e. The van der Waals surface area contributed by atoms with Gasteiger partial charge in [-0.3, -0.25) is 4.79 Å². The van der Waals surface area contributed by atoms with Crippen LogP contribution >= 0.6 is 0 Å². The monoisotopic (exact) mass is 471 g/mol. The van der Waals surface area contributed by atoms with Crippen molar-refractivity contribution in [1.82, 2.24) is 0 Å². The van der Waals surface area contributed by atoms with Crippen molar-refractivity contribution in [2.75, 3.05) is 12.4 Å². The van der Waals surface area contributed by atoms with Gasteiger partial charge in [-0.1, -0.05) is 48.5 Å². The van der Waals surface area contributed by atoms with E-state index in [1.54, 1.807) is 19.9 Å². The van der Waals surface area contributed by atoms with Crippen LogP contribution in [-0.2, 0) is 35.3 Å². The SMILES string of the molecule is CC1(C)O[C@@H](COCc2ccccc2)[C@H](CS(=O)(=NC(=O)C(F)(F)F)c2ccccc2)O1. The highest BCUT2D eigenvalue weighted by atomic mass is 32.2. The minimum Gasteiger partial charge on any atom is -0.374 e. The fourth-order valence-corrected chi connectivity index (χ4v) is 5.34. The third-order valence-corrected chi connectivity index (χ3v) is 6.90. The molecule has 2 aromatic carbocycles. The van der Waals surface area contributed by atoms with Crippen molar-refractivity contribution in [3.63, 3.8) is 0 Å². The molecule has 1 saturated heterocycles. The van der Waals surface area contributed by atoms with Gasteiger partial charge in [-0.05, 0) is 31.5 Å². The summed E-state index contributed by atoms with van der Waals surface area (Å²) in [4.78, 5) is 11.6. The predicted octanol–water partition coefficient (Wildman–Crippen LogP) is 4.34. The number of ether oxygens (including phenoxy) is 3. The van der Waals surface area contributed by atoms with Crippen LogP contribution in [0.4, 0.5) is 13.2 Å². The molecule has 0 spiro atoms. The molecule has 0 N–H and O–H groups in total. The van der Waals surface area contributed by atoms with Crippen LogP contribution in [0.2, 0.25) is 0 Å². The smallest absolute Gasteiger partial charge is 0.374 e. The van der Waals surface area contributed by atoms with Crippen molar-refractivity contribution < 1.29 is 36.4 Å². The average Bonchev–Trinajstić information content (AvgIpc) is 3.01. The van der Waals surface area contributed by atoms with E-state index in [9.17, 15) is 22.2 Å². The number of carbonyl (C=O) groups is 1. The van der Waals surface area contributed by atoms with Crippen LogP contribution in [0.15, 0.2) is 69.9 Å². The lowest BCUT2D eigenvalue weighted by molar-refractivity contribution is -0.169. The van der Waals surface area contributed by atoms with E-state index in [-0.39, 0.29) is 11.5 Å². The first-order chi connectivity index (χ1) is 15.0. The molecule has 3 rings (SSSR count). The van der Waals surface area contributed by atoms with Gasteiger partial charge >= 0.3 is 12.1 Å². The lowest BCUT2D eigenvalue weighted by Gasteiger charge is -2.19. The number of nitrogens with zero attached hydrogens (tertiary/aromatic N) is 1. The average molecular weight is 471 g/mol. The van der Waals surface area contributed by atoms with Gasteiger partial charge < -0.3 is 14.2 Å². The zero-order valence-electron chi connectivity index (χ0n) is 17.6. The summed E-state index contributed by atoms with van der Waals surface area (Å²) in [5, 5.41) is 0. The molecule has 10 heteroatoms. The highest BCUT2D eigenvalue weighted by molar-refractivity contribution is 7.94. The Morgan fingerprint density at radius 2 is 1.59 bits per heavy atom. The number of benzene rings is 2. The van der Waals surface area contributed by atoms with Gasteiger partial charge in [0, 0.05) is 4.90 Å². The molecule has 6 nitrogen and oxygen atoms in total. The van der Waals surface area contributed by atoms with Gasteiger partial charge in [0.1, 0.15) is 12.2 Å². The van der Waals surface area contributed by atoms with Gasteiger partial charge in [0.25, 0.3) is 0 Å². The van der Waals surface area contributed by atoms with Crippen molar-refractivity contribution >= 4 is 15.6 Å². The van der Waals surface area contributed by atoms with Gasteiger partial charge in [0.15, 0.2) is 5.79 Å². The Balaban J connectivity index is 1.83. The number of halogens is 3. The van der Waals surface area contributed by atoms with Crippen molar-refractivity contribution in [3.05, 3.63) is 66.2 Å². The van der Waals surface area contributed by atoms with Gasteiger partial charge in [-0.2, -0.15) is 13.2 Å². The summed E-state index contributed by atoms with van der Waals surface area (Å²) in [6.45, 7) is 3.62. The first-order valence-corrected chi connectivity index (χ1v) is 11.6. The second kappa shape index (κ2) is 9.70. The van der Waals surface area contributed by atoms with Gasteiger partial charge in [0.05, 0.1) is 28.7 Å². The summed E-state index contributed by atoms with van der Waals surface area (Å²) < 4.78 is 72.7. The summed E-state index contributed by atoms with van der Waals surface area (Å²) in [6.07, 6.45) is -6.85. The molecule has 174 valence electrons. The molecule has 1 heterocycles. The number of hydrogen-bond acceptors (Lipinski definition) is 5. The second-order valence-corrected chi connectivity index (χ2v) is 10.00. The number of alkyl halides is 3. The van der Waals surface area contributed by atoms with E-state index in [4.69, 9.17) is 14.2 Å². The van der Waals surface area contributed by atoms with Crippen LogP contribution in [0.25, 0.3) is 0 Å². The zero-order valence-corrected chi connectivity index (χ0v) is 18.4. The quantitative estimate of drug-likeness (QED) is 0.601. The number of rotatable bonds is 7. The molecule has 0 aliphatic carbocycles. The molecule has 1 aliphatic heterocycles. The summed E-state index contributed by atoms with van der Waals surface area (Å²) in [6, 6.07) is 16.8. The van der Waals surface area contributed by atoms with Crippen LogP contribution in [0, 0.1) is 0 Å². The molecule has 3 atom stereocenters. The molecule has 1 unspecified atom stereocenters. The summed E-state index contributed by atoms with van der Waals surface area (Å²) in [5.41, 5.74) is 0.932. The van der Waals surface area contributed by atoms with Crippen molar-refractivity contribution in [2.45, 2.75) is 49.5 Å². The normalized spacial score (nSPS) is 22.3. The first kappa shape index (κ1) is 24.4. The van der Waals surface area contributed by atoms with Crippen LogP contribution in [-0.4, -0.2) is 46.6 Å². The molecule has 1 fully saturated rings. The summed E-state index contributed by atoms with van der Waals surface area (Å²) in [7, 11) is -3.80. The Morgan fingerprint density at radius 3 is 2.19 bits per heavy atom. The maximum atomic E-state index is 13.6. The highest BCUT2D eigenvalue weighted by Gasteiger charge is 2.45. The van der Waals surface area contributed by atoms with E-state index in [2.05, 4.69) is 4.36 Å². The fourth-order valence-electron chi connectivity index (χ4n) is 3.29. The Bertz CT molecular complexity index is 1030. The Kier molecular flexibility index (Phi) is 7.39. The topological polar surface area (TPSA) is 74.2 Å². The van der Waals surface area contributed by atoms with Crippen LogP contribution < -0.4 is 0 Å². The number of amides is 1. The molecule has 0 bridgehead atoms. The fraction of sp³-hybridized carbons (Fsp3) is 0.409. The second-order valence-electron chi connectivity index (χ2n) is 7.73. The molecule has 0 aromatic heterocycles. The van der Waals surface area contributed by atoms with E-state index >= 15 is 0 Å². The largest absolute Gasteiger partial charge is 0.474 e. The number of hydrogen-bond donors (Lipinski definition) is 0. The molecule has 0 saturated carbocycles. The molecule has 1 aliphatic rings. The molecule has 2 aromatic rings. The van der Waals surface area contributed by atoms with Gasteiger partial charge in [0.2, 0.25) is 0 Å². The Labute approximate surface area is 184 Å². The summed E-state index contributed by atoms with van der Waals surface area (Å²) >= 11 is 0. The lowest BCUT2D eigenvalue weighted by atomic mass is 10.2.